The molecule has 1 fully saturated rings. The fourth-order valence-electron chi connectivity index (χ4n) is 8.81. The molecule has 1 aliphatic heterocycles. The van der Waals surface area contributed by atoms with Crippen LogP contribution in [-0.2, 0) is 23.8 Å². The molecule has 0 aromatic rings. The van der Waals surface area contributed by atoms with Crippen molar-refractivity contribution in [1.29, 1.82) is 0 Å². The number of amides is 1. The van der Waals surface area contributed by atoms with Gasteiger partial charge in [0.15, 0.2) is 12.4 Å². The average Bonchev–Trinajstić information content (AvgIpc) is 3.36. The van der Waals surface area contributed by atoms with Crippen LogP contribution in [-0.4, -0.2) is 99.6 Å². The lowest BCUT2D eigenvalue weighted by molar-refractivity contribution is -0.305. The number of carbonyl (C=O) groups excluding carboxylic acids is 2. The molecule has 8 atom stereocenters. The van der Waals surface area contributed by atoms with Crippen LogP contribution in [0.4, 0.5) is 0 Å². The van der Waals surface area contributed by atoms with Gasteiger partial charge in [-0.2, -0.15) is 0 Å². The number of aliphatic hydroxyl groups excluding tert-OH is 5. The number of hydrogen-bond donors (Lipinski definition) is 6. The zero-order valence-electron chi connectivity index (χ0n) is 44.9. The minimum atomic E-state index is -1.62. The molecule has 8 unspecified atom stereocenters. The number of allylic oxidation sites excluding steroid dienone is 7. The zero-order valence-corrected chi connectivity index (χ0v) is 44.9. The summed E-state index contributed by atoms with van der Waals surface area (Å²) < 4.78 is 17.6. The molecule has 70 heavy (non-hydrogen) atoms. The van der Waals surface area contributed by atoms with Crippen molar-refractivity contribution >= 4 is 11.9 Å². The van der Waals surface area contributed by atoms with Crippen molar-refractivity contribution in [3.63, 3.8) is 0 Å². The van der Waals surface area contributed by atoms with Crippen molar-refractivity contribution in [3.05, 3.63) is 48.6 Å². The molecule has 6 N–H and O–H groups in total. The highest BCUT2D eigenvalue weighted by atomic mass is 16.7. The number of nitrogens with one attached hydrogen (secondary N) is 1. The van der Waals surface area contributed by atoms with E-state index in [1.54, 1.807) is 6.08 Å². The van der Waals surface area contributed by atoms with E-state index in [-0.39, 0.29) is 19.4 Å². The molecule has 1 heterocycles. The van der Waals surface area contributed by atoms with Gasteiger partial charge in [-0.3, -0.25) is 9.59 Å². The molecule has 0 aromatic heterocycles. The monoisotopic (exact) mass is 990 g/mol. The number of rotatable bonds is 48. The van der Waals surface area contributed by atoms with Gasteiger partial charge in [0.05, 0.1) is 25.4 Å². The summed E-state index contributed by atoms with van der Waals surface area (Å²) in [6.07, 6.45) is 45.8. The number of hydrogen-bond acceptors (Lipinski definition) is 10. The molecule has 408 valence electrons. The van der Waals surface area contributed by atoms with Crippen LogP contribution in [0.3, 0.4) is 0 Å². The van der Waals surface area contributed by atoms with Crippen molar-refractivity contribution in [1.82, 2.24) is 5.32 Å². The maximum Gasteiger partial charge on any atom is 0.306 e. The van der Waals surface area contributed by atoms with Crippen molar-refractivity contribution in [2.45, 2.75) is 301 Å². The summed E-state index contributed by atoms with van der Waals surface area (Å²) in [6.45, 7) is 5.73. The Balaban J connectivity index is 2.76. The summed E-state index contributed by atoms with van der Waals surface area (Å²) in [4.78, 5) is 26.4. The van der Waals surface area contributed by atoms with Gasteiger partial charge in [0.2, 0.25) is 5.91 Å². The summed E-state index contributed by atoms with van der Waals surface area (Å²) in [5, 5.41) is 56.8. The first-order valence-corrected chi connectivity index (χ1v) is 28.9. The molecule has 0 spiro atoms. The number of unbranched alkanes of at least 4 members (excludes halogenated alkanes) is 29. The van der Waals surface area contributed by atoms with E-state index in [4.69, 9.17) is 14.2 Å². The second-order valence-electron chi connectivity index (χ2n) is 20.0. The molecule has 11 heteroatoms. The molecule has 1 aliphatic rings. The Bertz CT molecular complexity index is 1320. The molecule has 11 nitrogen and oxygen atoms in total. The zero-order chi connectivity index (χ0) is 51.1. The third-order valence-corrected chi connectivity index (χ3v) is 13.5. The Labute approximate surface area is 427 Å². The number of ether oxygens (including phenoxy) is 3. The molecule has 1 amide bonds. The van der Waals surface area contributed by atoms with E-state index in [0.29, 0.717) is 12.8 Å². The van der Waals surface area contributed by atoms with Gasteiger partial charge in [0.25, 0.3) is 0 Å². The van der Waals surface area contributed by atoms with Crippen LogP contribution in [0.15, 0.2) is 48.6 Å². The van der Waals surface area contributed by atoms with Gasteiger partial charge in [-0.15, -0.1) is 0 Å². The van der Waals surface area contributed by atoms with Crippen LogP contribution in [0.25, 0.3) is 0 Å². The van der Waals surface area contributed by atoms with Crippen LogP contribution in [0.1, 0.15) is 252 Å². The average molecular weight is 991 g/mol. The minimum absolute atomic E-state index is 0.109. The standard InChI is InChI=1S/C59H107NO10/c1-4-7-10-13-16-19-22-25-26-29-32-35-38-41-44-47-54(64)70-57-56(66)55(65)53(48-61)69-59(57)68-49-50(51(62)45-42-39-36-33-30-27-23-20-17-14-11-8-5-2)60-58(67)52(63)46-43-40-37-34-31-28-24-21-18-15-12-9-6-3/h16,19,22,25,31,34,42,45,50-53,55-57,59,61-63,65-66H,4-15,17-18,20-21,23-24,26-30,32-33,35-41,43-44,46-49H2,1-3H3,(H,60,67)/b19-16+,25-22+,34-31-,45-42+. The maximum absolute atomic E-state index is 13.4. The van der Waals surface area contributed by atoms with E-state index >= 15 is 0 Å². The van der Waals surface area contributed by atoms with Gasteiger partial charge in [-0.25, -0.2) is 0 Å². The second kappa shape index (κ2) is 47.6. The second-order valence-corrected chi connectivity index (χ2v) is 20.0. The van der Waals surface area contributed by atoms with E-state index in [9.17, 15) is 35.1 Å². The van der Waals surface area contributed by atoms with Gasteiger partial charge >= 0.3 is 5.97 Å². The molecular weight excluding hydrogens is 883 g/mol. The van der Waals surface area contributed by atoms with E-state index in [1.807, 2.05) is 6.08 Å². The van der Waals surface area contributed by atoms with E-state index < -0.39 is 67.4 Å². The fraction of sp³-hybridized carbons (Fsp3) is 0.831. The van der Waals surface area contributed by atoms with E-state index in [0.717, 1.165) is 83.5 Å². The summed E-state index contributed by atoms with van der Waals surface area (Å²) in [6, 6.07) is -1.03. The molecule has 0 aliphatic carbocycles. The summed E-state index contributed by atoms with van der Waals surface area (Å²) in [7, 11) is 0. The van der Waals surface area contributed by atoms with Gasteiger partial charge in [-0.05, 0) is 77.0 Å². The fourth-order valence-corrected chi connectivity index (χ4v) is 8.81. The largest absolute Gasteiger partial charge is 0.454 e. The first kappa shape index (κ1) is 65.6. The normalized spacial score (nSPS) is 20.0. The van der Waals surface area contributed by atoms with Crippen molar-refractivity contribution in [2.75, 3.05) is 13.2 Å². The van der Waals surface area contributed by atoms with Crippen LogP contribution in [0, 0.1) is 0 Å². The van der Waals surface area contributed by atoms with Gasteiger partial charge in [0.1, 0.15) is 24.4 Å². The topological polar surface area (TPSA) is 175 Å². The Kier molecular flexibility index (Phi) is 44.6. The van der Waals surface area contributed by atoms with Gasteiger partial charge in [-0.1, -0.05) is 217 Å². The number of carbonyl (C=O) groups is 2. The van der Waals surface area contributed by atoms with Gasteiger partial charge < -0.3 is 45.1 Å². The van der Waals surface area contributed by atoms with Crippen molar-refractivity contribution < 1.29 is 49.3 Å². The number of aliphatic hydroxyl groups is 5. The highest BCUT2D eigenvalue weighted by Crippen LogP contribution is 2.26. The highest BCUT2D eigenvalue weighted by molar-refractivity contribution is 5.80. The quantitative estimate of drug-likeness (QED) is 0.0149. The molecule has 1 rings (SSSR count). The highest BCUT2D eigenvalue weighted by Gasteiger charge is 2.47. The maximum atomic E-state index is 13.4. The first-order valence-electron chi connectivity index (χ1n) is 28.9. The van der Waals surface area contributed by atoms with Gasteiger partial charge in [0, 0.05) is 6.42 Å². The summed E-state index contributed by atoms with van der Waals surface area (Å²) in [5.74, 6) is -1.22. The predicted octanol–water partition coefficient (Wildman–Crippen LogP) is 12.9. The smallest absolute Gasteiger partial charge is 0.306 e. The van der Waals surface area contributed by atoms with E-state index in [1.165, 1.54) is 122 Å². The van der Waals surface area contributed by atoms with Crippen LogP contribution in [0.2, 0.25) is 0 Å². The lowest BCUT2D eigenvalue weighted by Crippen LogP contribution is -2.61. The van der Waals surface area contributed by atoms with E-state index in [2.05, 4.69) is 62.5 Å². The predicted molar refractivity (Wildman–Crippen MR) is 287 cm³/mol. The minimum Gasteiger partial charge on any atom is -0.454 e. The van der Waals surface area contributed by atoms with Crippen molar-refractivity contribution in [3.8, 4) is 0 Å². The van der Waals surface area contributed by atoms with Crippen LogP contribution in [0.5, 0.6) is 0 Å². The summed E-state index contributed by atoms with van der Waals surface area (Å²) in [5.41, 5.74) is 0. The molecule has 0 aromatic carbocycles. The number of esters is 1. The Morgan fingerprint density at radius 3 is 1.50 bits per heavy atom. The Morgan fingerprint density at radius 2 is 0.986 bits per heavy atom. The summed E-state index contributed by atoms with van der Waals surface area (Å²) >= 11 is 0. The van der Waals surface area contributed by atoms with Crippen LogP contribution >= 0.6 is 0 Å². The lowest BCUT2D eigenvalue weighted by atomic mass is 9.99. The Hall–Kier alpha value is -2.38. The molecular formula is C59H107NO10. The van der Waals surface area contributed by atoms with Crippen molar-refractivity contribution in [2.24, 2.45) is 0 Å². The molecule has 0 saturated carbocycles. The SMILES string of the molecule is CCCCC/C=C/C=C/CCCCCCCCC(=O)OC1C(OCC(NC(=O)C(O)CCCC/C=C\CCCCCCCCC)C(O)/C=C/CCCCCCCCCCCCC)OC(CO)C(O)C1O. The third kappa shape index (κ3) is 35.7. The third-order valence-electron chi connectivity index (χ3n) is 13.5. The molecule has 0 radical (unpaired) electrons. The molecule has 0 bridgehead atoms. The molecule has 1 saturated heterocycles. The Morgan fingerprint density at radius 1 is 0.557 bits per heavy atom. The van der Waals surface area contributed by atoms with Crippen LogP contribution < -0.4 is 5.32 Å². The first-order chi connectivity index (χ1) is 34.2. The lowest BCUT2D eigenvalue weighted by Gasteiger charge is -2.41.